The number of ether oxygens (including phenoxy) is 2. The standard InChI is InChI=1S/C19H20O3/c1-3-19(2,20)18-21-16(14-10-6-4-7-11-14)17(22-18)15-12-8-5-9-13-15/h3-13,16-18,20H,1H2,2H3/t16-,17-,19+/m0/s1. The maximum atomic E-state index is 10.4. The summed E-state index contributed by atoms with van der Waals surface area (Å²) < 4.78 is 12.1. The topological polar surface area (TPSA) is 38.7 Å². The molecule has 1 fully saturated rings. The summed E-state index contributed by atoms with van der Waals surface area (Å²) in [5.74, 6) is 0. The fourth-order valence-corrected chi connectivity index (χ4v) is 2.60. The molecule has 0 unspecified atom stereocenters. The fraction of sp³-hybridized carbons (Fsp3) is 0.263. The van der Waals surface area contributed by atoms with E-state index in [0.29, 0.717) is 0 Å². The second kappa shape index (κ2) is 6.05. The minimum absolute atomic E-state index is 0.264. The van der Waals surface area contributed by atoms with Gasteiger partial charge in [-0.2, -0.15) is 0 Å². The third-order valence-electron chi connectivity index (χ3n) is 3.96. The predicted octanol–water partition coefficient (Wildman–Crippen LogP) is 3.78. The molecule has 3 atom stereocenters. The van der Waals surface area contributed by atoms with Crippen molar-refractivity contribution in [3.05, 3.63) is 84.4 Å². The lowest BCUT2D eigenvalue weighted by atomic mass is 9.99. The summed E-state index contributed by atoms with van der Waals surface area (Å²) in [6, 6.07) is 19.9. The van der Waals surface area contributed by atoms with Crippen LogP contribution in [-0.4, -0.2) is 17.0 Å². The number of rotatable bonds is 4. The molecule has 3 heteroatoms. The highest BCUT2D eigenvalue weighted by Crippen LogP contribution is 2.45. The van der Waals surface area contributed by atoms with Crippen LogP contribution in [0.15, 0.2) is 73.3 Å². The molecule has 1 heterocycles. The fourth-order valence-electron chi connectivity index (χ4n) is 2.60. The summed E-state index contributed by atoms with van der Waals surface area (Å²) in [6.45, 7) is 5.30. The van der Waals surface area contributed by atoms with E-state index in [1.165, 1.54) is 6.08 Å². The van der Waals surface area contributed by atoms with E-state index in [0.717, 1.165) is 11.1 Å². The van der Waals surface area contributed by atoms with Crippen LogP contribution < -0.4 is 0 Å². The SMILES string of the molecule is C=C[C@@](C)(O)C1O[C@@H](c2ccccc2)[C@H](c2ccccc2)O1. The molecule has 0 amide bonds. The molecular formula is C19H20O3. The van der Waals surface area contributed by atoms with Crippen LogP contribution in [0.4, 0.5) is 0 Å². The van der Waals surface area contributed by atoms with Crippen molar-refractivity contribution in [2.24, 2.45) is 0 Å². The molecule has 1 aliphatic heterocycles. The summed E-state index contributed by atoms with van der Waals surface area (Å²) in [4.78, 5) is 0. The van der Waals surface area contributed by atoms with Crippen molar-refractivity contribution in [2.75, 3.05) is 0 Å². The monoisotopic (exact) mass is 296 g/mol. The highest BCUT2D eigenvalue weighted by Gasteiger charge is 2.45. The van der Waals surface area contributed by atoms with E-state index in [9.17, 15) is 5.11 Å². The predicted molar refractivity (Wildman–Crippen MR) is 85.1 cm³/mol. The van der Waals surface area contributed by atoms with E-state index in [2.05, 4.69) is 6.58 Å². The molecular weight excluding hydrogens is 276 g/mol. The highest BCUT2D eigenvalue weighted by atomic mass is 16.7. The van der Waals surface area contributed by atoms with E-state index in [4.69, 9.17) is 9.47 Å². The lowest BCUT2D eigenvalue weighted by Crippen LogP contribution is -2.37. The van der Waals surface area contributed by atoms with Crippen LogP contribution in [0.3, 0.4) is 0 Å². The molecule has 22 heavy (non-hydrogen) atoms. The van der Waals surface area contributed by atoms with Gasteiger partial charge in [0.1, 0.15) is 17.8 Å². The van der Waals surface area contributed by atoms with Gasteiger partial charge in [-0.1, -0.05) is 66.7 Å². The van der Waals surface area contributed by atoms with Crippen molar-refractivity contribution < 1.29 is 14.6 Å². The zero-order valence-corrected chi connectivity index (χ0v) is 12.6. The van der Waals surface area contributed by atoms with Gasteiger partial charge in [0, 0.05) is 0 Å². The largest absolute Gasteiger partial charge is 0.381 e. The van der Waals surface area contributed by atoms with Gasteiger partial charge in [0.2, 0.25) is 0 Å². The second-order valence-electron chi connectivity index (χ2n) is 5.70. The Labute approximate surface area is 130 Å². The molecule has 0 aliphatic carbocycles. The first-order valence-electron chi connectivity index (χ1n) is 7.38. The maximum absolute atomic E-state index is 10.4. The zero-order valence-electron chi connectivity index (χ0n) is 12.6. The van der Waals surface area contributed by atoms with Crippen LogP contribution in [0, 0.1) is 0 Å². The van der Waals surface area contributed by atoms with E-state index in [-0.39, 0.29) is 12.2 Å². The van der Waals surface area contributed by atoms with E-state index in [1.54, 1.807) is 6.92 Å². The Kier molecular flexibility index (Phi) is 4.12. The molecule has 1 aliphatic rings. The molecule has 3 rings (SSSR count). The molecule has 0 aromatic heterocycles. The van der Waals surface area contributed by atoms with Crippen molar-refractivity contribution in [3.63, 3.8) is 0 Å². The first-order chi connectivity index (χ1) is 10.6. The second-order valence-corrected chi connectivity index (χ2v) is 5.70. The van der Waals surface area contributed by atoms with Gasteiger partial charge in [0.15, 0.2) is 6.29 Å². The smallest absolute Gasteiger partial charge is 0.191 e. The van der Waals surface area contributed by atoms with Crippen molar-refractivity contribution in [1.29, 1.82) is 0 Å². The Bertz CT molecular complexity index is 574. The minimum atomic E-state index is -1.24. The summed E-state index contributed by atoms with van der Waals surface area (Å²) in [5.41, 5.74) is 0.814. The summed E-state index contributed by atoms with van der Waals surface area (Å²) >= 11 is 0. The minimum Gasteiger partial charge on any atom is -0.381 e. The van der Waals surface area contributed by atoms with Crippen LogP contribution in [0.2, 0.25) is 0 Å². The summed E-state index contributed by atoms with van der Waals surface area (Å²) in [5, 5.41) is 10.4. The van der Waals surface area contributed by atoms with Gasteiger partial charge in [-0.25, -0.2) is 0 Å². The van der Waals surface area contributed by atoms with Crippen LogP contribution >= 0.6 is 0 Å². The number of aliphatic hydroxyl groups is 1. The quantitative estimate of drug-likeness (QED) is 0.873. The van der Waals surface area contributed by atoms with Gasteiger partial charge in [-0.3, -0.25) is 0 Å². The first kappa shape index (κ1) is 15.0. The summed E-state index contributed by atoms with van der Waals surface area (Å²) in [6.07, 6.45) is 0.174. The van der Waals surface area contributed by atoms with Crippen LogP contribution in [0.5, 0.6) is 0 Å². The molecule has 0 radical (unpaired) electrons. The van der Waals surface area contributed by atoms with E-state index < -0.39 is 11.9 Å². The lowest BCUT2D eigenvalue weighted by molar-refractivity contribution is -0.165. The van der Waals surface area contributed by atoms with Crippen LogP contribution in [-0.2, 0) is 9.47 Å². The van der Waals surface area contributed by atoms with Crippen molar-refractivity contribution in [2.45, 2.75) is 31.0 Å². The van der Waals surface area contributed by atoms with Gasteiger partial charge in [0.25, 0.3) is 0 Å². The van der Waals surface area contributed by atoms with Crippen molar-refractivity contribution in [3.8, 4) is 0 Å². The van der Waals surface area contributed by atoms with Crippen molar-refractivity contribution in [1.82, 2.24) is 0 Å². The molecule has 2 aromatic rings. The lowest BCUT2D eigenvalue weighted by Gasteiger charge is -2.25. The van der Waals surface area contributed by atoms with Gasteiger partial charge in [0.05, 0.1) is 0 Å². The molecule has 1 saturated heterocycles. The van der Waals surface area contributed by atoms with Crippen molar-refractivity contribution >= 4 is 0 Å². The Balaban J connectivity index is 1.96. The summed E-state index contributed by atoms with van der Waals surface area (Å²) in [7, 11) is 0. The van der Waals surface area contributed by atoms with Gasteiger partial charge in [-0.05, 0) is 18.1 Å². The number of hydrogen-bond donors (Lipinski definition) is 1. The van der Waals surface area contributed by atoms with E-state index in [1.807, 2.05) is 60.7 Å². The van der Waals surface area contributed by atoms with Gasteiger partial charge >= 0.3 is 0 Å². The normalized spacial score (nSPS) is 24.8. The van der Waals surface area contributed by atoms with E-state index >= 15 is 0 Å². The Hall–Kier alpha value is -1.94. The van der Waals surface area contributed by atoms with Crippen LogP contribution in [0.25, 0.3) is 0 Å². The molecule has 1 N–H and O–H groups in total. The van der Waals surface area contributed by atoms with Crippen LogP contribution in [0.1, 0.15) is 30.3 Å². The Morgan fingerprint density at radius 1 is 0.909 bits per heavy atom. The number of benzene rings is 2. The third kappa shape index (κ3) is 2.83. The average Bonchev–Trinajstić information content (AvgIpc) is 3.02. The molecule has 2 aromatic carbocycles. The first-order valence-corrected chi connectivity index (χ1v) is 7.38. The maximum Gasteiger partial charge on any atom is 0.191 e. The molecule has 3 nitrogen and oxygen atoms in total. The van der Waals surface area contributed by atoms with Gasteiger partial charge < -0.3 is 14.6 Å². The average molecular weight is 296 g/mol. The Morgan fingerprint density at radius 2 is 1.32 bits per heavy atom. The van der Waals surface area contributed by atoms with Gasteiger partial charge in [-0.15, -0.1) is 6.58 Å². The third-order valence-corrected chi connectivity index (χ3v) is 3.96. The zero-order chi connectivity index (χ0) is 15.6. The molecule has 114 valence electrons. The number of hydrogen-bond acceptors (Lipinski definition) is 3. The Morgan fingerprint density at radius 3 is 1.68 bits per heavy atom. The molecule has 0 spiro atoms. The molecule has 0 bridgehead atoms. The highest BCUT2D eigenvalue weighted by molar-refractivity contribution is 5.26. The molecule has 0 saturated carbocycles.